The maximum absolute atomic E-state index is 12.7. The van der Waals surface area contributed by atoms with Crippen molar-refractivity contribution in [1.82, 2.24) is 0 Å². The second-order valence-corrected chi connectivity index (χ2v) is 7.98. The SMILES string of the molecule is CCCCCCCCOc1ccc2c(c1)O/C(=C\c1ccc(N(CC)CC)cc1)C2=O. The lowest BCUT2D eigenvalue weighted by molar-refractivity contribution is 0.101. The average Bonchev–Trinajstić information content (AvgIpc) is 3.09. The smallest absolute Gasteiger partial charge is 0.231 e. The molecule has 4 heteroatoms. The molecule has 0 aromatic heterocycles. The summed E-state index contributed by atoms with van der Waals surface area (Å²) in [6, 6.07) is 13.7. The van der Waals surface area contributed by atoms with E-state index in [1.165, 1.54) is 37.8 Å². The van der Waals surface area contributed by atoms with Crippen molar-refractivity contribution in [3.8, 4) is 11.5 Å². The summed E-state index contributed by atoms with van der Waals surface area (Å²) in [5, 5.41) is 0. The lowest BCUT2D eigenvalue weighted by Crippen LogP contribution is -2.21. The molecule has 1 aliphatic heterocycles. The Morgan fingerprint density at radius 1 is 0.903 bits per heavy atom. The number of ketones is 1. The maximum Gasteiger partial charge on any atom is 0.231 e. The number of hydrogen-bond acceptors (Lipinski definition) is 4. The molecule has 3 rings (SSSR count). The van der Waals surface area contributed by atoms with Crippen LogP contribution in [0, 0.1) is 0 Å². The molecule has 0 saturated heterocycles. The summed E-state index contributed by atoms with van der Waals surface area (Å²) in [7, 11) is 0. The zero-order valence-corrected chi connectivity index (χ0v) is 19.2. The van der Waals surface area contributed by atoms with Gasteiger partial charge in [0.05, 0.1) is 12.2 Å². The number of allylic oxidation sites excluding steroid dienone is 1. The molecule has 1 aliphatic rings. The molecule has 0 atom stereocenters. The number of hydrogen-bond donors (Lipinski definition) is 0. The number of carbonyl (C=O) groups is 1. The predicted molar refractivity (Wildman–Crippen MR) is 128 cm³/mol. The van der Waals surface area contributed by atoms with Crippen LogP contribution in [0.15, 0.2) is 48.2 Å². The lowest BCUT2D eigenvalue weighted by atomic mass is 10.1. The van der Waals surface area contributed by atoms with Crippen LogP contribution in [0.2, 0.25) is 0 Å². The summed E-state index contributed by atoms with van der Waals surface area (Å²) >= 11 is 0. The van der Waals surface area contributed by atoms with Gasteiger partial charge in [0.15, 0.2) is 5.76 Å². The number of unbranched alkanes of at least 4 members (excludes halogenated alkanes) is 5. The molecule has 0 aliphatic carbocycles. The molecule has 2 aromatic carbocycles. The van der Waals surface area contributed by atoms with Crippen LogP contribution in [0.25, 0.3) is 6.08 Å². The highest BCUT2D eigenvalue weighted by Crippen LogP contribution is 2.35. The van der Waals surface area contributed by atoms with Crippen LogP contribution in [-0.4, -0.2) is 25.5 Å². The molecular formula is C27H35NO3. The third-order valence-electron chi connectivity index (χ3n) is 5.73. The van der Waals surface area contributed by atoms with Gasteiger partial charge in [0.25, 0.3) is 0 Å². The molecule has 166 valence electrons. The number of nitrogens with zero attached hydrogens (tertiary/aromatic N) is 1. The Hall–Kier alpha value is -2.75. The first-order chi connectivity index (χ1) is 15.2. The molecule has 0 N–H and O–H groups in total. The Bertz CT molecular complexity index is 882. The first-order valence-corrected chi connectivity index (χ1v) is 11.7. The van der Waals surface area contributed by atoms with Crippen LogP contribution in [-0.2, 0) is 0 Å². The van der Waals surface area contributed by atoms with Crippen molar-refractivity contribution in [3.63, 3.8) is 0 Å². The average molecular weight is 422 g/mol. The number of Topliss-reactive ketones (excluding diaryl/α,β-unsaturated/α-hetero) is 1. The third kappa shape index (κ3) is 6.13. The fraction of sp³-hybridized carbons (Fsp3) is 0.444. The van der Waals surface area contributed by atoms with Gasteiger partial charge in [-0.2, -0.15) is 0 Å². The van der Waals surface area contributed by atoms with Crippen LogP contribution in [0.3, 0.4) is 0 Å². The summed E-state index contributed by atoms with van der Waals surface area (Å²) in [6.45, 7) is 9.16. The quantitative estimate of drug-likeness (QED) is 0.276. The summed E-state index contributed by atoms with van der Waals surface area (Å²) in [5.74, 6) is 1.62. The molecule has 0 unspecified atom stereocenters. The van der Waals surface area contributed by atoms with Crippen LogP contribution in [0.4, 0.5) is 5.69 Å². The minimum Gasteiger partial charge on any atom is -0.493 e. The predicted octanol–water partition coefficient (Wildman–Crippen LogP) is 6.89. The molecule has 4 nitrogen and oxygen atoms in total. The van der Waals surface area contributed by atoms with Gasteiger partial charge in [-0.15, -0.1) is 0 Å². The highest BCUT2D eigenvalue weighted by molar-refractivity contribution is 6.14. The molecule has 0 bridgehead atoms. The highest BCUT2D eigenvalue weighted by Gasteiger charge is 2.27. The topological polar surface area (TPSA) is 38.8 Å². The fourth-order valence-corrected chi connectivity index (χ4v) is 3.85. The molecule has 1 heterocycles. The van der Waals surface area contributed by atoms with Crippen molar-refractivity contribution >= 4 is 17.5 Å². The summed E-state index contributed by atoms with van der Waals surface area (Å²) in [4.78, 5) is 15.0. The van der Waals surface area contributed by atoms with Gasteiger partial charge in [0, 0.05) is 24.8 Å². The molecular weight excluding hydrogens is 386 g/mol. The minimum atomic E-state index is -0.0784. The van der Waals surface area contributed by atoms with E-state index in [4.69, 9.17) is 9.47 Å². The van der Waals surface area contributed by atoms with Gasteiger partial charge in [0.2, 0.25) is 5.78 Å². The van der Waals surface area contributed by atoms with E-state index in [0.717, 1.165) is 30.8 Å². The number of fused-ring (bicyclic) bond motifs is 1. The Labute approximate surface area is 186 Å². The normalized spacial score (nSPS) is 13.9. The lowest BCUT2D eigenvalue weighted by Gasteiger charge is -2.20. The van der Waals surface area contributed by atoms with E-state index in [1.807, 2.05) is 30.3 Å². The van der Waals surface area contributed by atoms with E-state index >= 15 is 0 Å². The van der Waals surface area contributed by atoms with E-state index in [1.54, 1.807) is 6.07 Å². The van der Waals surface area contributed by atoms with E-state index in [0.29, 0.717) is 23.7 Å². The van der Waals surface area contributed by atoms with Gasteiger partial charge < -0.3 is 14.4 Å². The van der Waals surface area contributed by atoms with Gasteiger partial charge >= 0.3 is 0 Å². The van der Waals surface area contributed by atoms with Crippen molar-refractivity contribution in [1.29, 1.82) is 0 Å². The highest BCUT2D eigenvalue weighted by atomic mass is 16.5. The van der Waals surface area contributed by atoms with Crippen LogP contribution in [0.5, 0.6) is 11.5 Å². The molecule has 2 aromatic rings. The van der Waals surface area contributed by atoms with Crippen molar-refractivity contribution < 1.29 is 14.3 Å². The first-order valence-electron chi connectivity index (χ1n) is 11.7. The Morgan fingerprint density at radius 2 is 1.61 bits per heavy atom. The van der Waals surface area contributed by atoms with Crippen molar-refractivity contribution in [2.75, 3.05) is 24.6 Å². The Balaban J connectivity index is 1.58. The van der Waals surface area contributed by atoms with E-state index in [-0.39, 0.29) is 5.78 Å². The number of anilines is 1. The minimum absolute atomic E-state index is 0.0784. The Morgan fingerprint density at radius 3 is 2.32 bits per heavy atom. The summed E-state index contributed by atoms with van der Waals surface area (Å²) in [6.07, 6.45) is 9.21. The standard InChI is InChI=1S/C27H35NO3/c1-4-7-8-9-10-11-18-30-23-16-17-24-25(20-23)31-26(27(24)29)19-21-12-14-22(15-13-21)28(5-2)6-3/h12-17,19-20H,4-11,18H2,1-3H3/b26-19-. The van der Waals surface area contributed by atoms with E-state index < -0.39 is 0 Å². The largest absolute Gasteiger partial charge is 0.493 e. The maximum atomic E-state index is 12.7. The molecule has 0 amide bonds. The molecule has 0 radical (unpaired) electrons. The number of carbonyl (C=O) groups excluding carboxylic acids is 1. The monoisotopic (exact) mass is 421 g/mol. The second kappa shape index (κ2) is 11.6. The third-order valence-corrected chi connectivity index (χ3v) is 5.73. The zero-order chi connectivity index (χ0) is 22.1. The molecule has 0 saturated carbocycles. The van der Waals surface area contributed by atoms with Gasteiger partial charge in [0.1, 0.15) is 11.5 Å². The fourth-order valence-electron chi connectivity index (χ4n) is 3.85. The van der Waals surface area contributed by atoms with Gasteiger partial charge in [-0.1, -0.05) is 51.2 Å². The van der Waals surface area contributed by atoms with Gasteiger partial charge in [-0.05, 0) is 56.2 Å². The number of benzene rings is 2. The van der Waals surface area contributed by atoms with Crippen molar-refractivity contribution in [2.45, 2.75) is 59.3 Å². The number of rotatable bonds is 12. The van der Waals surface area contributed by atoms with Crippen LogP contribution in [0.1, 0.15) is 75.2 Å². The first kappa shape index (κ1) is 22.9. The van der Waals surface area contributed by atoms with E-state index in [9.17, 15) is 4.79 Å². The summed E-state index contributed by atoms with van der Waals surface area (Å²) < 4.78 is 11.7. The van der Waals surface area contributed by atoms with Crippen molar-refractivity contribution in [3.05, 3.63) is 59.4 Å². The molecule has 0 spiro atoms. The second-order valence-electron chi connectivity index (χ2n) is 7.98. The number of ether oxygens (including phenoxy) is 2. The van der Waals surface area contributed by atoms with Gasteiger partial charge in [-0.25, -0.2) is 0 Å². The summed E-state index contributed by atoms with van der Waals surface area (Å²) in [5.41, 5.74) is 2.73. The zero-order valence-electron chi connectivity index (χ0n) is 19.2. The van der Waals surface area contributed by atoms with Gasteiger partial charge in [-0.3, -0.25) is 4.79 Å². The Kier molecular flexibility index (Phi) is 8.57. The molecule has 31 heavy (non-hydrogen) atoms. The van der Waals surface area contributed by atoms with E-state index in [2.05, 4.69) is 37.8 Å². The molecule has 0 fully saturated rings. The van der Waals surface area contributed by atoms with Crippen LogP contribution < -0.4 is 14.4 Å². The van der Waals surface area contributed by atoms with Crippen LogP contribution >= 0.6 is 0 Å². The van der Waals surface area contributed by atoms with Crippen molar-refractivity contribution in [2.24, 2.45) is 0 Å².